The molecule has 5 rings (SSSR count). The maximum Gasteiger partial charge on any atom is 0.213 e. The predicted molar refractivity (Wildman–Crippen MR) is 161 cm³/mol. The summed E-state index contributed by atoms with van der Waals surface area (Å²) in [6, 6.07) is 22.9. The maximum absolute atomic E-state index is 6.56. The molecule has 2 atom stereocenters. The Morgan fingerprint density at radius 1 is 0.923 bits per heavy atom. The molecular formula is C33H39BrN2O3. The number of hydrogen-bond donors (Lipinski definition) is 0. The molecule has 0 saturated carbocycles. The lowest BCUT2D eigenvalue weighted by molar-refractivity contribution is -0.0191. The van der Waals surface area contributed by atoms with E-state index in [4.69, 9.17) is 19.3 Å². The van der Waals surface area contributed by atoms with Gasteiger partial charge >= 0.3 is 0 Å². The lowest BCUT2D eigenvalue weighted by Crippen LogP contribution is -2.33. The van der Waals surface area contributed by atoms with E-state index in [1.165, 1.54) is 32.1 Å². The minimum atomic E-state index is -0.308. The summed E-state index contributed by atoms with van der Waals surface area (Å²) in [5.74, 6) is 2.68. The molecule has 2 aliphatic heterocycles. The fourth-order valence-corrected chi connectivity index (χ4v) is 5.63. The Kier molecular flexibility index (Phi) is 9.13. The van der Waals surface area contributed by atoms with E-state index in [0.717, 1.165) is 63.6 Å². The molecular weight excluding hydrogens is 552 g/mol. The first kappa shape index (κ1) is 27.6. The first-order valence-corrected chi connectivity index (χ1v) is 15.1. The molecule has 0 radical (unpaired) electrons. The zero-order valence-electron chi connectivity index (χ0n) is 23.2. The SMILES string of the molecule is CCCCCCCCOc1ccc([C@H]2Oc3ccc(Br)cc3[C@H]3CC(c4ccc(OC(C)C)cc4)=NN32)cc1. The molecule has 0 aliphatic carbocycles. The molecule has 0 N–H and O–H groups in total. The highest BCUT2D eigenvalue weighted by Gasteiger charge is 2.41. The van der Waals surface area contributed by atoms with E-state index in [-0.39, 0.29) is 18.4 Å². The third-order valence-corrected chi connectivity index (χ3v) is 7.74. The van der Waals surface area contributed by atoms with Crippen molar-refractivity contribution in [1.29, 1.82) is 0 Å². The molecule has 39 heavy (non-hydrogen) atoms. The number of hydrogen-bond acceptors (Lipinski definition) is 5. The fourth-order valence-electron chi connectivity index (χ4n) is 5.25. The van der Waals surface area contributed by atoms with Gasteiger partial charge in [0.2, 0.25) is 6.23 Å². The molecule has 6 heteroatoms. The number of hydrazone groups is 1. The minimum Gasteiger partial charge on any atom is -0.494 e. The van der Waals surface area contributed by atoms with Gasteiger partial charge in [0.15, 0.2) is 0 Å². The first-order chi connectivity index (χ1) is 19.0. The Bertz CT molecular complexity index is 1260. The lowest BCUT2D eigenvalue weighted by atomic mass is 9.96. The van der Waals surface area contributed by atoms with Gasteiger partial charge in [-0.15, -0.1) is 0 Å². The Hall–Kier alpha value is -2.99. The normalized spacial score (nSPS) is 17.9. The van der Waals surface area contributed by atoms with Crippen molar-refractivity contribution in [3.05, 3.63) is 87.9 Å². The van der Waals surface area contributed by atoms with Crippen molar-refractivity contribution in [1.82, 2.24) is 5.01 Å². The topological polar surface area (TPSA) is 43.3 Å². The van der Waals surface area contributed by atoms with E-state index in [1.54, 1.807) is 0 Å². The average Bonchev–Trinajstić information content (AvgIpc) is 3.39. The second-order valence-corrected chi connectivity index (χ2v) is 11.6. The summed E-state index contributed by atoms with van der Waals surface area (Å²) >= 11 is 3.64. The third-order valence-electron chi connectivity index (χ3n) is 7.24. The zero-order valence-corrected chi connectivity index (χ0v) is 24.8. The van der Waals surface area contributed by atoms with Gasteiger partial charge in [0.05, 0.1) is 24.5 Å². The van der Waals surface area contributed by atoms with Crippen molar-refractivity contribution in [3.8, 4) is 17.2 Å². The van der Waals surface area contributed by atoms with Crippen molar-refractivity contribution in [3.63, 3.8) is 0 Å². The Morgan fingerprint density at radius 3 is 2.38 bits per heavy atom. The van der Waals surface area contributed by atoms with E-state index >= 15 is 0 Å². The third kappa shape index (κ3) is 6.78. The quantitative estimate of drug-likeness (QED) is 0.197. The van der Waals surface area contributed by atoms with Crippen LogP contribution in [0.3, 0.4) is 0 Å². The summed E-state index contributed by atoms with van der Waals surface area (Å²) < 4.78 is 19.5. The molecule has 2 aliphatic rings. The Labute approximate surface area is 241 Å². The monoisotopic (exact) mass is 590 g/mol. The van der Waals surface area contributed by atoms with Crippen molar-refractivity contribution >= 4 is 21.6 Å². The lowest BCUT2D eigenvalue weighted by Gasteiger charge is -2.38. The Morgan fingerprint density at radius 2 is 1.64 bits per heavy atom. The van der Waals surface area contributed by atoms with Gasteiger partial charge in [-0.1, -0.05) is 55.0 Å². The van der Waals surface area contributed by atoms with E-state index in [2.05, 4.69) is 76.4 Å². The van der Waals surface area contributed by atoms with Crippen LogP contribution in [0.4, 0.5) is 0 Å². The van der Waals surface area contributed by atoms with Crippen LogP contribution in [0.15, 0.2) is 76.3 Å². The van der Waals surface area contributed by atoms with Crippen molar-refractivity contribution in [2.45, 2.75) is 84.1 Å². The molecule has 0 saturated heterocycles. The van der Waals surface area contributed by atoms with Crippen molar-refractivity contribution in [2.75, 3.05) is 6.61 Å². The van der Waals surface area contributed by atoms with Gasteiger partial charge in [-0.3, -0.25) is 0 Å². The van der Waals surface area contributed by atoms with Crippen LogP contribution in [-0.4, -0.2) is 23.4 Å². The summed E-state index contributed by atoms with van der Waals surface area (Å²) in [6.45, 7) is 7.09. The minimum absolute atomic E-state index is 0.0986. The predicted octanol–water partition coefficient (Wildman–Crippen LogP) is 9.22. The van der Waals surface area contributed by atoms with Crippen LogP contribution < -0.4 is 14.2 Å². The molecule has 0 aromatic heterocycles. The molecule has 0 bridgehead atoms. The van der Waals surface area contributed by atoms with Gasteiger partial charge in [0, 0.05) is 22.0 Å². The van der Waals surface area contributed by atoms with Crippen molar-refractivity contribution in [2.24, 2.45) is 5.10 Å². The second-order valence-electron chi connectivity index (χ2n) is 10.7. The highest BCUT2D eigenvalue weighted by atomic mass is 79.9. The largest absolute Gasteiger partial charge is 0.494 e. The molecule has 3 aromatic rings. The Balaban J connectivity index is 1.31. The number of halogens is 1. The molecule has 0 spiro atoms. The molecule has 206 valence electrons. The van der Waals surface area contributed by atoms with Gasteiger partial charge in [0.1, 0.15) is 17.2 Å². The summed E-state index contributed by atoms with van der Waals surface area (Å²) in [5, 5.41) is 7.23. The van der Waals surface area contributed by atoms with E-state index in [1.807, 2.05) is 32.0 Å². The number of fused-ring (bicyclic) bond motifs is 3. The number of unbranched alkanes of at least 4 members (excludes halogenated alkanes) is 5. The summed E-state index contributed by atoms with van der Waals surface area (Å²) in [5.41, 5.74) is 4.37. The average molecular weight is 592 g/mol. The van der Waals surface area contributed by atoms with E-state index in [0.29, 0.717) is 0 Å². The number of ether oxygens (including phenoxy) is 3. The highest BCUT2D eigenvalue weighted by molar-refractivity contribution is 9.10. The van der Waals surface area contributed by atoms with E-state index < -0.39 is 0 Å². The van der Waals surface area contributed by atoms with Crippen LogP contribution in [0, 0.1) is 0 Å². The van der Waals surface area contributed by atoms with Gasteiger partial charge in [0.25, 0.3) is 0 Å². The highest BCUT2D eigenvalue weighted by Crippen LogP contribution is 2.48. The van der Waals surface area contributed by atoms with Crippen LogP contribution >= 0.6 is 15.9 Å². The van der Waals surface area contributed by atoms with Crippen LogP contribution in [0.25, 0.3) is 0 Å². The van der Waals surface area contributed by atoms with Crippen LogP contribution in [0.2, 0.25) is 0 Å². The van der Waals surface area contributed by atoms with Gasteiger partial charge < -0.3 is 14.2 Å². The molecule has 0 unspecified atom stereocenters. The fraction of sp³-hybridized carbons (Fsp3) is 0.424. The second kappa shape index (κ2) is 12.9. The molecule has 3 aromatic carbocycles. The molecule has 0 amide bonds. The van der Waals surface area contributed by atoms with E-state index in [9.17, 15) is 0 Å². The summed E-state index contributed by atoms with van der Waals surface area (Å²) in [6.07, 6.45) is 8.21. The summed E-state index contributed by atoms with van der Waals surface area (Å²) in [4.78, 5) is 0. The van der Waals surface area contributed by atoms with Gasteiger partial charge in [-0.05, 0) is 92.6 Å². The van der Waals surface area contributed by atoms with Gasteiger partial charge in [-0.25, -0.2) is 5.01 Å². The van der Waals surface area contributed by atoms with Crippen LogP contribution in [-0.2, 0) is 0 Å². The number of rotatable bonds is 12. The first-order valence-electron chi connectivity index (χ1n) is 14.3. The van der Waals surface area contributed by atoms with Crippen molar-refractivity contribution < 1.29 is 14.2 Å². The van der Waals surface area contributed by atoms with Gasteiger partial charge in [-0.2, -0.15) is 5.10 Å². The smallest absolute Gasteiger partial charge is 0.213 e. The zero-order chi connectivity index (χ0) is 27.2. The molecule has 5 nitrogen and oxygen atoms in total. The maximum atomic E-state index is 6.56. The molecule has 2 heterocycles. The summed E-state index contributed by atoms with van der Waals surface area (Å²) in [7, 11) is 0. The van der Waals surface area contributed by atoms with Crippen LogP contribution in [0.1, 0.15) is 94.7 Å². The standard InChI is InChI=1S/C33H39BrN2O3/c1-4-5-6-7-8-9-20-37-27-15-12-25(13-16-27)33-36-31(29-21-26(34)14-19-32(29)39-33)22-30(35-36)24-10-17-28(18-11-24)38-23(2)3/h10-19,21,23,31,33H,4-9,20,22H2,1-3H3/t31-,33-/m1/s1. The van der Waals surface area contributed by atoms with Crippen LogP contribution in [0.5, 0.6) is 17.2 Å². The number of nitrogens with zero attached hydrogens (tertiary/aromatic N) is 2. The number of benzene rings is 3. The molecule has 0 fully saturated rings.